The van der Waals surface area contributed by atoms with Crippen LogP contribution in [0.4, 0.5) is 0 Å². The van der Waals surface area contributed by atoms with Gasteiger partial charge in [0.2, 0.25) is 0 Å². The lowest BCUT2D eigenvalue weighted by Gasteiger charge is -1.99. The molecular formula is C11H22OS. The molecule has 0 spiro atoms. The molecule has 13 heavy (non-hydrogen) atoms. The molecule has 0 rings (SSSR count). The van der Waals surface area contributed by atoms with Gasteiger partial charge in [-0.05, 0) is 37.7 Å². The van der Waals surface area contributed by atoms with Crippen molar-refractivity contribution in [2.75, 3.05) is 11.5 Å². The van der Waals surface area contributed by atoms with Crippen LogP contribution in [0, 0.1) is 0 Å². The zero-order valence-corrected chi connectivity index (χ0v) is 9.79. The monoisotopic (exact) mass is 202 g/mol. The number of unbranched alkanes of at least 4 members (excludes halogenated alkanes) is 3. The van der Waals surface area contributed by atoms with Crippen molar-refractivity contribution in [3.63, 3.8) is 0 Å². The Morgan fingerprint density at radius 2 is 1.77 bits per heavy atom. The highest BCUT2D eigenvalue weighted by Crippen LogP contribution is 2.09. The molecule has 0 aromatic carbocycles. The predicted octanol–water partition coefficient (Wildman–Crippen LogP) is 3.67. The molecule has 0 saturated heterocycles. The molecule has 0 amide bonds. The summed E-state index contributed by atoms with van der Waals surface area (Å²) in [4.78, 5) is 10.6. The van der Waals surface area contributed by atoms with Crippen LogP contribution in [-0.2, 0) is 4.79 Å². The van der Waals surface area contributed by atoms with Crippen molar-refractivity contribution in [3.8, 4) is 0 Å². The van der Waals surface area contributed by atoms with E-state index in [0.29, 0.717) is 5.78 Å². The number of ketones is 1. The summed E-state index contributed by atoms with van der Waals surface area (Å²) in [5, 5.41) is 0. The van der Waals surface area contributed by atoms with Crippen LogP contribution in [0.3, 0.4) is 0 Å². The molecule has 0 aliphatic heterocycles. The predicted molar refractivity (Wildman–Crippen MR) is 61.4 cm³/mol. The molecular weight excluding hydrogens is 180 g/mol. The molecule has 0 unspecified atom stereocenters. The van der Waals surface area contributed by atoms with Gasteiger partial charge < -0.3 is 4.79 Å². The van der Waals surface area contributed by atoms with Crippen molar-refractivity contribution in [2.24, 2.45) is 0 Å². The molecule has 0 aromatic heterocycles. The van der Waals surface area contributed by atoms with Crippen LogP contribution >= 0.6 is 11.8 Å². The van der Waals surface area contributed by atoms with Crippen LogP contribution in [0.5, 0.6) is 0 Å². The molecule has 0 heterocycles. The van der Waals surface area contributed by atoms with Crippen LogP contribution in [-0.4, -0.2) is 17.3 Å². The number of carbonyl (C=O) groups is 1. The van der Waals surface area contributed by atoms with Crippen LogP contribution < -0.4 is 0 Å². The van der Waals surface area contributed by atoms with Gasteiger partial charge in [-0.15, -0.1) is 0 Å². The minimum atomic E-state index is 0.334. The van der Waals surface area contributed by atoms with E-state index in [1.807, 2.05) is 0 Å². The smallest absolute Gasteiger partial charge is 0.129 e. The van der Waals surface area contributed by atoms with Crippen molar-refractivity contribution >= 4 is 17.5 Å². The van der Waals surface area contributed by atoms with E-state index in [-0.39, 0.29) is 0 Å². The summed E-state index contributed by atoms with van der Waals surface area (Å²) >= 11 is 2.05. The van der Waals surface area contributed by atoms with Crippen molar-refractivity contribution in [3.05, 3.63) is 0 Å². The average molecular weight is 202 g/mol. The third-order valence-electron chi connectivity index (χ3n) is 1.92. The van der Waals surface area contributed by atoms with Gasteiger partial charge in [0.05, 0.1) is 0 Å². The first-order chi connectivity index (χ1) is 6.27. The van der Waals surface area contributed by atoms with Crippen molar-refractivity contribution in [1.29, 1.82) is 0 Å². The Kier molecular flexibility index (Phi) is 10.1. The first kappa shape index (κ1) is 13.0. The Morgan fingerprint density at radius 1 is 1.08 bits per heavy atom. The second kappa shape index (κ2) is 10.1. The van der Waals surface area contributed by atoms with E-state index in [2.05, 4.69) is 18.7 Å². The average Bonchev–Trinajstić information content (AvgIpc) is 2.09. The fraction of sp³-hybridized carbons (Fsp3) is 0.909. The fourth-order valence-corrected chi connectivity index (χ4v) is 2.08. The number of Topliss-reactive ketones (excluding diaryl/α,β-unsaturated/α-hetero) is 1. The van der Waals surface area contributed by atoms with Crippen LogP contribution in [0.25, 0.3) is 0 Å². The van der Waals surface area contributed by atoms with E-state index < -0.39 is 0 Å². The van der Waals surface area contributed by atoms with Gasteiger partial charge in [-0.2, -0.15) is 11.8 Å². The fourth-order valence-electron chi connectivity index (χ4n) is 1.18. The lowest BCUT2D eigenvalue weighted by molar-refractivity contribution is -0.117. The molecule has 0 aromatic rings. The van der Waals surface area contributed by atoms with E-state index in [4.69, 9.17) is 0 Å². The molecule has 0 aliphatic carbocycles. The molecule has 0 aliphatic rings. The normalized spacial score (nSPS) is 10.3. The quantitative estimate of drug-likeness (QED) is 0.531. The number of hydrogen-bond donors (Lipinski definition) is 0. The minimum Gasteiger partial charge on any atom is -0.300 e. The van der Waals surface area contributed by atoms with Crippen LogP contribution in [0.1, 0.15) is 52.4 Å². The number of hydrogen-bond acceptors (Lipinski definition) is 2. The molecule has 0 saturated carbocycles. The Hall–Kier alpha value is 0.0200. The second-order valence-electron chi connectivity index (χ2n) is 3.48. The highest BCUT2D eigenvalue weighted by Gasteiger charge is 1.94. The van der Waals surface area contributed by atoms with Gasteiger partial charge in [-0.25, -0.2) is 0 Å². The lowest BCUT2D eigenvalue weighted by atomic mass is 10.1. The summed E-state index contributed by atoms with van der Waals surface area (Å²) in [5.41, 5.74) is 0. The van der Waals surface area contributed by atoms with Crippen molar-refractivity contribution < 1.29 is 4.79 Å². The first-order valence-electron chi connectivity index (χ1n) is 5.34. The van der Waals surface area contributed by atoms with Gasteiger partial charge in [0.25, 0.3) is 0 Å². The Balaban J connectivity index is 2.87. The zero-order chi connectivity index (χ0) is 9.94. The van der Waals surface area contributed by atoms with Crippen LogP contribution in [0.15, 0.2) is 0 Å². The molecule has 0 N–H and O–H groups in total. The number of carbonyl (C=O) groups excluding carboxylic acids is 1. The Labute approximate surface area is 86.7 Å². The van der Waals surface area contributed by atoms with E-state index >= 15 is 0 Å². The highest BCUT2D eigenvalue weighted by atomic mass is 32.2. The van der Waals surface area contributed by atoms with E-state index in [9.17, 15) is 4.79 Å². The molecule has 1 nitrogen and oxygen atoms in total. The zero-order valence-electron chi connectivity index (χ0n) is 8.97. The third kappa shape index (κ3) is 12.0. The Bertz CT molecular complexity index is 123. The summed E-state index contributed by atoms with van der Waals surface area (Å²) in [6.45, 7) is 3.90. The maximum atomic E-state index is 10.6. The highest BCUT2D eigenvalue weighted by molar-refractivity contribution is 7.99. The summed E-state index contributed by atoms with van der Waals surface area (Å²) in [6.07, 6.45) is 7.00. The summed E-state index contributed by atoms with van der Waals surface area (Å²) in [6, 6.07) is 0. The van der Waals surface area contributed by atoms with E-state index in [1.165, 1.54) is 37.2 Å². The molecule has 0 fully saturated rings. The lowest BCUT2D eigenvalue weighted by Crippen LogP contribution is -1.90. The molecule has 78 valence electrons. The standard InChI is InChI=1S/C11H22OS/c1-3-9-13-10-7-5-4-6-8-11(2)12/h3-10H2,1-2H3. The van der Waals surface area contributed by atoms with Crippen molar-refractivity contribution in [1.82, 2.24) is 0 Å². The molecule has 0 radical (unpaired) electrons. The second-order valence-corrected chi connectivity index (χ2v) is 4.70. The maximum Gasteiger partial charge on any atom is 0.129 e. The summed E-state index contributed by atoms with van der Waals surface area (Å²) in [5.74, 6) is 2.93. The first-order valence-corrected chi connectivity index (χ1v) is 6.50. The third-order valence-corrected chi connectivity index (χ3v) is 3.19. The van der Waals surface area contributed by atoms with E-state index in [0.717, 1.165) is 12.8 Å². The van der Waals surface area contributed by atoms with Crippen LogP contribution in [0.2, 0.25) is 0 Å². The Morgan fingerprint density at radius 3 is 2.38 bits per heavy atom. The van der Waals surface area contributed by atoms with Gasteiger partial charge in [-0.1, -0.05) is 19.8 Å². The molecule has 2 heteroatoms. The summed E-state index contributed by atoms with van der Waals surface area (Å²) < 4.78 is 0. The molecule has 0 bridgehead atoms. The largest absolute Gasteiger partial charge is 0.300 e. The molecule has 0 atom stereocenters. The van der Waals surface area contributed by atoms with Gasteiger partial charge in [-0.3, -0.25) is 0 Å². The van der Waals surface area contributed by atoms with Gasteiger partial charge >= 0.3 is 0 Å². The number of rotatable bonds is 9. The number of thioether (sulfide) groups is 1. The maximum absolute atomic E-state index is 10.6. The summed E-state index contributed by atoms with van der Waals surface area (Å²) in [7, 11) is 0. The van der Waals surface area contributed by atoms with Gasteiger partial charge in [0, 0.05) is 6.42 Å². The van der Waals surface area contributed by atoms with Gasteiger partial charge in [0.15, 0.2) is 0 Å². The van der Waals surface area contributed by atoms with Gasteiger partial charge in [0.1, 0.15) is 5.78 Å². The SMILES string of the molecule is CCCSCCCCCCC(C)=O. The van der Waals surface area contributed by atoms with Crippen molar-refractivity contribution in [2.45, 2.75) is 52.4 Å². The minimum absolute atomic E-state index is 0.334. The topological polar surface area (TPSA) is 17.1 Å². The van der Waals surface area contributed by atoms with E-state index in [1.54, 1.807) is 6.92 Å².